The molecule has 3 rings (SSSR count). The Morgan fingerprint density at radius 1 is 1.58 bits per heavy atom. The highest BCUT2D eigenvalue weighted by Gasteiger charge is 2.22. The normalized spacial score (nSPS) is 18.5. The predicted molar refractivity (Wildman–Crippen MR) is 65.9 cm³/mol. The second-order valence-corrected chi connectivity index (χ2v) is 4.56. The molecule has 0 unspecified atom stereocenters. The molecule has 0 radical (unpaired) electrons. The molecule has 1 aromatic heterocycles. The molecule has 1 atom stereocenters. The minimum atomic E-state index is -1.00. The molecular weight excluding hydrogens is 251 g/mol. The van der Waals surface area contributed by atoms with E-state index in [1.807, 2.05) is 0 Å². The molecule has 2 aromatic rings. The van der Waals surface area contributed by atoms with E-state index < -0.39 is 12.6 Å². The molecule has 0 spiro atoms. The molecule has 1 N–H and O–H groups in total. The van der Waals surface area contributed by atoms with Crippen LogP contribution in [0.25, 0.3) is 11.0 Å². The van der Waals surface area contributed by atoms with Crippen LogP contribution in [0.3, 0.4) is 0 Å². The summed E-state index contributed by atoms with van der Waals surface area (Å²) in [6.07, 6.45) is 1.00. The van der Waals surface area contributed by atoms with Crippen LogP contribution < -0.4 is 0 Å². The van der Waals surface area contributed by atoms with E-state index in [1.54, 1.807) is 10.6 Å². The van der Waals surface area contributed by atoms with Crippen molar-refractivity contribution in [2.75, 3.05) is 6.61 Å². The molecule has 1 aliphatic rings. The van der Waals surface area contributed by atoms with E-state index in [9.17, 15) is 9.18 Å². The number of carbonyl (C=O) groups is 1. The summed E-state index contributed by atoms with van der Waals surface area (Å²) < 4.78 is 20.1. The number of benzene rings is 1. The van der Waals surface area contributed by atoms with Gasteiger partial charge in [-0.2, -0.15) is 0 Å². The molecule has 0 saturated carbocycles. The Hall–Kier alpha value is -1.95. The van der Waals surface area contributed by atoms with Crippen molar-refractivity contribution in [1.82, 2.24) is 9.55 Å². The summed E-state index contributed by atoms with van der Waals surface area (Å²) in [5.74, 6) is -0.690. The number of halogens is 1. The van der Waals surface area contributed by atoms with Gasteiger partial charge in [-0.15, -0.1) is 0 Å². The Balaban J connectivity index is 2.08. The Bertz CT molecular complexity index is 634. The first kappa shape index (κ1) is 12.1. The van der Waals surface area contributed by atoms with Gasteiger partial charge in [-0.3, -0.25) is 0 Å². The van der Waals surface area contributed by atoms with Gasteiger partial charge in [0, 0.05) is 6.61 Å². The third-order valence-corrected chi connectivity index (χ3v) is 3.37. The fraction of sp³-hybridized carbons (Fsp3) is 0.385. The van der Waals surface area contributed by atoms with Crippen molar-refractivity contribution in [2.24, 2.45) is 0 Å². The van der Waals surface area contributed by atoms with Gasteiger partial charge in [-0.25, -0.2) is 14.2 Å². The minimum absolute atomic E-state index is 0.0659. The van der Waals surface area contributed by atoms with Crippen molar-refractivity contribution in [2.45, 2.75) is 25.7 Å². The van der Waals surface area contributed by atoms with E-state index in [1.165, 1.54) is 12.1 Å². The van der Waals surface area contributed by atoms with Crippen molar-refractivity contribution in [3.05, 3.63) is 29.6 Å². The highest BCUT2D eigenvalue weighted by atomic mass is 19.1. The van der Waals surface area contributed by atoms with E-state index in [2.05, 4.69) is 4.98 Å². The largest absolute Gasteiger partial charge is 0.478 e. The van der Waals surface area contributed by atoms with Crippen LogP contribution in [0.1, 0.15) is 22.6 Å². The summed E-state index contributed by atoms with van der Waals surface area (Å²) in [6.45, 7) is 0.561. The Kier molecular flexibility index (Phi) is 2.94. The average Bonchev–Trinajstić information content (AvgIpc) is 2.70. The van der Waals surface area contributed by atoms with Crippen molar-refractivity contribution in [1.29, 1.82) is 0 Å². The number of carboxylic acid groups (broad SMARTS) is 1. The van der Waals surface area contributed by atoms with Gasteiger partial charge < -0.3 is 14.4 Å². The molecule has 6 heteroatoms. The van der Waals surface area contributed by atoms with E-state index in [4.69, 9.17) is 9.84 Å². The first-order valence-electron chi connectivity index (χ1n) is 6.09. The molecule has 0 amide bonds. The zero-order valence-electron chi connectivity index (χ0n) is 10.2. The summed E-state index contributed by atoms with van der Waals surface area (Å²) >= 11 is 0. The summed E-state index contributed by atoms with van der Waals surface area (Å²) in [7, 11) is 0. The maximum atomic E-state index is 13.0. The van der Waals surface area contributed by atoms with E-state index in [-0.39, 0.29) is 11.7 Å². The van der Waals surface area contributed by atoms with Crippen molar-refractivity contribution >= 4 is 17.0 Å². The number of aromatic nitrogens is 2. The van der Waals surface area contributed by atoms with Crippen LogP contribution in [-0.2, 0) is 18.0 Å². The second kappa shape index (κ2) is 4.62. The van der Waals surface area contributed by atoms with Crippen LogP contribution in [0.5, 0.6) is 0 Å². The monoisotopic (exact) mass is 264 g/mol. The summed E-state index contributed by atoms with van der Waals surface area (Å²) in [5.41, 5.74) is 1.42. The van der Waals surface area contributed by atoms with Gasteiger partial charge in [0.2, 0.25) is 0 Å². The third-order valence-electron chi connectivity index (χ3n) is 3.37. The number of imidazole rings is 1. The standard InChI is InChI=1S/C13H13FN2O3/c14-6-12-15-10-2-1-8(13(17)18)5-11(10)16(12)7-9-3-4-19-9/h1-2,5,9H,3-4,6-7H2,(H,17,18)/t9-/m0/s1. The van der Waals surface area contributed by atoms with Gasteiger partial charge in [0.05, 0.1) is 29.2 Å². The van der Waals surface area contributed by atoms with Crippen molar-refractivity contribution in [3.8, 4) is 0 Å². The van der Waals surface area contributed by atoms with Gasteiger partial charge >= 0.3 is 5.97 Å². The fourth-order valence-electron chi connectivity index (χ4n) is 2.24. The van der Waals surface area contributed by atoms with Crippen molar-refractivity contribution in [3.63, 3.8) is 0 Å². The molecular formula is C13H13FN2O3. The van der Waals surface area contributed by atoms with Crippen LogP contribution in [0, 0.1) is 0 Å². The lowest BCUT2D eigenvalue weighted by Crippen LogP contribution is -2.31. The Morgan fingerprint density at radius 2 is 2.37 bits per heavy atom. The minimum Gasteiger partial charge on any atom is -0.478 e. The smallest absolute Gasteiger partial charge is 0.335 e. The van der Waals surface area contributed by atoms with Gasteiger partial charge in [0.25, 0.3) is 0 Å². The first-order valence-corrected chi connectivity index (χ1v) is 6.09. The molecule has 1 aliphatic heterocycles. The topological polar surface area (TPSA) is 64.3 Å². The van der Waals surface area contributed by atoms with Crippen LogP contribution >= 0.6 is 0 Å². The van der Waals surface area contributed by atoms with Gasteiger partial charge in [0.15, 0.2) is 0 Å². The lowest BCUT2D eigenvalue weighted by atomic mass is 10.1. The zero-order chi connectivity index (χ0) is 13.4. The van der Waals surface area contributed by atoms with Crippen LogP contribution in [0.4, 0.5) is 4.39 Å². The van der Waals surface area contributed by atoms with Crippen molar-refractivity contribution < 1.29 is 19.0 Å². The molecule has 2 heterocycles. The molecule has 1 aromatic carbocycles. The van der Waals surface area contributed by atoms with Crippen LogP contribution in [0.15, 0.2) is 18.2 Å². The third kappa shape index (κ3) is 2.08. The SMILES string of the molecule is O=C(O)c1ccc2nc(CF)n(C[C@@H]3CCO3)c2c1. The average molecular weight is 264 g/mol. The zero-order valence-corrected chi connectivity index (χ0v) is 10.2. The fourth-order valence-corrected chi connectivity index (χ4v) is 2.24. The lowest BCUT2D eigenvalue weighted by molar-refractivity contribution is -0.0591. The number of hydrogen-bond donors (Lipinski definition) is 1. The predicted octanol–water partition coefficient (Wildman–Crippen LogP) is 1.99. The van der Waals surface area contributed by atoms with Crippen LogP contribution in [0.2, 0.25) is 0 Å². The van der Waals surface area contributed by atoms with Gasteiger partial charge in [-0.05, 0) is 24.6 Å². The molecule has 1 saturated heterocycles. The molecule has 100 valence electrons. The first-order chi connectivity index (χ1) is 9.19. The number of nitrogens with zero attached hydrogens (tertiary/aromatic N) is 2. The molecule has 0 aliphatic carbocycles. The van der Waals surface area contributed by atoms with Gasteiger partial charge in [-0.1, -0.05) is 0 Å². The maximum Gasteiger partial charge on any atom is 0.335 e. The number of rotatable bonds is 4. The summed E-state index contributed by atoms with van der Waals surface area (Å²) in [6, 6.07) is 4.61. The quantitative estimate of drug-likeness (QED) is 0.917. The van der Waals surface area contributed by atoms with Crippen LogP contribution in [-0.4, -0.2) is 33.3 Å². The number of hydrogen-bond acceptors (Lipinski definition) is 3. The van der Waals surface area contributed by atoms with E-state index >= 15 is 0 Å². The number of ether oxygens (including phenoxy) is 1. The Morgan fingerprint density at radius 3 is 2.95 bits per heavy atom. The van der Waals surface area contributed by atoms with E-state index in [0.717, 1.165) is 13.0 Å². The lowest BCUT2D eigenvalue weighted by Gasteiger charge is -2.27. The molecule has 1 fully saturated rings. The number of alkyl halides is 1. The highest BCUT2D eigenvalue weighted by molar-refractivity contribution is 5.92. The summed E-state index contributed by atoms with van der Waals surface area (Å²) in [4.78, 5) is 15.2. The molecule has 19 heavy (non-hydrogen) atoms. The summed E-state index contributed by atoms with van der Waals surface area (Å²) in [5, 5.41) is 9.01. The number of fused-ring (bicyclic) bond motifs is 1. The highest BCUT2D eigenvalue weighted by Crippen LogP contribution is 2.22. The maximum absolute atomic E-state index is 13.0. The van der Waals surface area contributed by atoms with Gasteiger partial charge in [0.1, 0.15) is 12.5 Å². The second-order valence-electron chi connectivity index (χ2n) is 4.56. The molecule has 5 nitrogen and oxygen atoms in total. The number of carboxylic acids is 1. The Labute approximate surface area is 108 Å². The van der Waals surface area contributed by atoms with E-state index in [0.29, 0.717) is 23.4 Å². The number of aromatic carboxylic acids is 1. The molecule has 0 bridgehead atoms.